The zero-order valence-electron chi connectivity index (χ0n) is 7.22. The Kier molecular flexibility index (Phi) is 3.08. The van der Waals surface area contributed by atoms with Gasteiger partial charge >= 0.3 is 0 Å². The molecular weight excluding hydrogens is 156 g/mol. The number of rotatable bonds is 1. The Morgan fingerprint density at radius 2 is 2.33 bits per heavy atom. The van der Waals surface area contributed by atoms with Gasteiger partial charge in [-0.1, -0.05) is 0 Å². The van der Waals surface area contributed by atoms with Crippen LogP contribution < -0.4 is 10.6 Å². The molecule has 4 nitrogen and oxygen atoms in total. The summed E-state index contributed by atoms with van der Waals surface area (Å²) in [6, 6.07) is -0.315. The molecule has 0 saturated carbocycles. The summed E-state index contributed by atoms with van der Waals surface area (Å²) in [7, 11) is 0. The van der Waals surface area contributed by atoms with E-state index >= 15 is 0 Å². The second-order valence-corrected chi connectivity index (χ2v) is 3.04. The lowest BCUT2D eigenvalue weighted by Crippen LogP contribution is -2.44. The van der Waals surface area contributed by atoms with Crippen LogP contribution in [0.5, 0.6) is 0 Å². The van der Waals surface area contributed by atoms with Crippen LogP contribution in [0.3, 0.4) is 0 Å². The molecule has 0 radical (unpaired) electrons. The first-order valence-corrected chi connectivity index (χ1v) is 4.25. The van der Waals surface area contributed by atoms with Crippen LogP contribution in [0, 0.1) is 0 Å². The molecule has 0 aromatic heterocycles. The molecular formula is C8H14N2O2. The van der Waals surface area contributed by atoms with Crippen LogP contribution in [0.15, 0.2) is 0 Å². The van der Waals surface area contributed by atoms with Crippen LogP contribution in [-0.4, -0.2) is 24.4 Å². The first kappa shape index (κ1) is 9.03. The molecule has 4 heteroatoms. The van der Waals surface area contributed by atoms with Gasteiger partial charge in [0.25, 0.3) is 0 Å². The van der Waals surface area contributed by atoms with Crippen molar-refractivity contribution >= 4 is 11.8 Å². The van der Waals surface area contributed by atoms with Gasteiger partial charge in [0.2, 0.25) is 11.8 Å². The lowest BCUT2D eigenvalue weighted by molar-refractivity contribution is -0.127. The maximum atomic E-state index is 11.2. The fourth-order valence-electron chi connectivity index (χ4n) is 1.32. The molecule has 0 aromatic carbocycles. The van der Waals surface area contributed by atoms with Crippen molar-refractivity contribution in [2.75, 3.05) is 6.54 Å². The van der Waals surface area contributed by atoms with Crippen molar-refractivity contribution in [1.29, 1.82) is 0 Å². The van der Waals surface area contributed by atoms with E-state index in [0.717, 1.165) is 25.8 Å². The molecule has 12 heavy (non-hydrogen) atoms. The number of hydrogen-bond acceptors (Lipinski definition) is 2. The Morgan fingerprint density at radius 1 is 1.58 bits per heavy atom. The fourth-order valence-corrected chi connectivity index (χ4v) is 1.32. The van der Waals surface area contributed by atoms with Crippen LogP contribution in [0.1, 0.15) is 26.2 Å². The maximum Gasteiger partial charge on any atom is 0.242 e. The second-order valence-electron chi connectivity index (χ2n) is 3.04. The van der Waals surface area contributed by atoms with Crippen LogP contribution in [-0.2, 0) is 9.59 Å². The van der Waals surface area contributed by atoms with Gasteiger partial charge in [0.05, 0.1) is 0 Å². The van der Waals surface area contributed by atoms with Crippen molar-refractivity contribution in [1.82, 2.24) is 10.6 Å². The summed E-state index contributed by atoms with van der Waals surface area (Å²) in [6.07, 6.45) is 2.75. The standard InChI is InChI=1S/C8H14N2O2/c1-6(11)10-7-4-2-3-5-9-8(7)12/h7H,2-5H2,1H3,(H,9,12)(H,10,11)/t7-/m0/s1. The predicted octanol–water partition coefficient (Wildman–Crippen LogP) is -0.209. The van der Waals surface area contributed by atoms with E-state index in [1.54, 1.807) is 0 Å². The molecule has 1 heterocycles. The molecule has 0 spiro atoms. The molecule has 2 amide bonds. The smallest absolute Gasteiger partial charge is 0.242 e. The van der Waals surface area contributed by atoms with E-state index in [1.807, 2.05) is 0 Å². The third kappa shape index (κ3) is 2.53. The highest BCUT2D eigenvalue weighted by Gasteiger charge is 2.20. The van der Waals surface area contributed by atoms with E-state index in [2.05, 4.69) is 10.6 Å². The molecule has 68 valence electrons. The average molecular weight is 170 g/mol. The third-order valence-corrected chi connectivity index (χ3v) is 1.91. The minimum absolute atomic E-state index is 0.0531. The van der Waals surface area contributed by atoms with E-state index in [-0.39, 0.29) is 17.9 Å². The first-order chi connectivity index (χ1) is 5.70. The molecule has 1 rings (SSSR count). The summed E-state index contributed by atoms with van der Waals surface area (Å²) < 4.78 is 0. The van der Waals surface area contributed by atoms with Crippen molar-refractivity contribution in [3.63, 3.8) is 0 Å². The highest BCUT2D eigenvalue weighted by atomic mass is 16.2. The van der Waals surface area contributed by atoms with Gasteiger partial charge in [-0.05, 0) is 19.3 Å². The molecule has 1 aliphatic rings. The maximum absolute atomic E-state index is 11.2. The predicted molar refractivity (Wildman–Crippen MR) is 44.5 cm³/mol. The van der Waals surface area contributed by atoms with Crippen molar-refractivity contribution < 1.29 is 9.59 Å². The molecule has 0 aromatic rings. The van der Waals surface area contributed by atoms with Gasteiger partial charge in [-0.15, -0.1) is 0 Å². The topological polar surface area (TPSA) is 58.2 Å². The average Bonchev–Trinajstić information content (AvgIpc) is 2.16. The van der Waals surface area contributed by atoms with Crippen molar-refractivity contribution in [3.8, 4) is 0 Å². The summed E-state index contributed by atoms with van der Waals surface area (Å²) in [5.74, 6) is -0.195. The van der Waals surface area contributed by atoms with Gasteiger partial charge in [0.15, 0.2) is 0 Å². The van der Waals surface area contributed by atoms with Crippen molar-refractivity contribution in [2.45, 2.75) is 32.2 Å². The molecule has 1 saturated heterocycles. The number of carbonyl (C=O) groups is 2. The first-order valence-electron chi connectivity index (χ1n) is 4.25. The third-order valence-electron chi connectivity index (χ3n) is 1.91. The van der Waals surface area contributed by atoms with E-state index < -0.39 is 0 Å². The van der Waals surface area contributed by atoms with E-state index in [4.69, 9.17) is 0 Å². The Labute approximate surface area is 71.7 Å². The Bertz CT molecular complexity index is 191. The van der Waals surface area contributed by atoms with Gasteiger partial charge in [0, 0.05) is 13.5 Å². The zero-order chi connectivity index (χ0) is 8.97. The largest absolute Gasteiger partial charge is 0.354 e. The van der Waals surface area contributed by atoms with Crippen molar-refractivity contribution in [3.05, 3.63) is 0 Å². The number of hydrogen-bond donors (Lipinski definition) is 2. The quantitative estimate of drug-likeness (QED) is 0.572. The minimum Gasteiger partial charge on any atom is -0.354 e. The Morgan fingerprint density at radius 3 is 3.00 bits per heavy atom. The molecule has 1 fully saturated rings. The molecule has 0 unspecified atom stereocenters. The monoisotopic (exact) mass is 170 g/mol. The van der Waals surface area contributed by atoms with Gasteiger partial charge in [-0.2, -0.15) is 0 Å². The van der Waals surface area contributed by atoms with Crippen LogP contribution in [0.25, 0.3) is 0 Å². The minimum atomic E-state index is -0.315. The summed E-state index contributed by atoms with van der Waals surface area (Å²) in [5.41, 5.74) is 0. The van der Waals surface area contributed by atoms with E-state index in [1.165, 1.54) is 6.92 Å². The summed E-state index contributed by atoms with van der Waals surface area (Å²) in [6.45, 7) is 2.16. The molecule has 0 bridgehead atoms. The van der Waals surface area contributed by atoms with Gasteiger partial charge in [-0.25, -0.2) is 0 Å². The van der Waals surface area contributed by atoms with E-state index in [0.29, 0.717) is 0 Å². The fraction of sp³-hybridized carbons (Fsp3) is 0.750. The molecule has 0 aliphatic carbocycles. The number of nitrogens with one attached hydrogen (secondary N) is 2. The number of carbonyl (C=O) groups excluding carboxylic acids is 2. The molecule has 1 atom stereocenters. The van der Waals surface area contributed by atoms with Crippen LogP contribution >= 0.6 is 0 Å². The summed E-state index contributed by atoms with van der Waals surface area (Å²) in [4.78, 5) is 21.9. The van der Waals surface area contributed by atoms with Gasteiger partial charge in [0.1, 0.15) is 6.04 Å². The van der Waals surface area contributed by atoms with Gasteiger partial charge in [-0.3, -0.25) is 9.59 Å². The summed E-state index contributed by atoms with van der Waals surface area (Å²) in [5, 5.41) is 5.37. The normalized spacial score (nSPS) is 24.1. The van der Waals surface area contributed by atoms with Gasteiger partial charge < -0.3 is 10.6 Å². The second kappa shape index (κ2) is 4.09. The highest BCUT2D eigenvalue weighted by Crippen LogP contribution is 2.04. The number of amides is 2. The Hall–Kier alpha value is -1.06. The molecule has 2 N–H and O–H groups in total. The van der Waals surface area contributed by atoms with Crippen LogP contribution in [0.2, 0.25) is 0 Å². The SMILES string of the molecule is CC(=O)N[C@H]1CCCCNC1=O. The van der Waals surface area contributed by atoms with Crippen LogP contribution in [0.4, 0.5) is 0 Å². The van der Waals surface area contributed by atoms with E-state index in [9.17, 15) is 9.59 Å². The summed E-state index contributed by atoms with van der Waals surface area (Å²) >= 11 is 0. The highest BCUT2D eigenvalue weighted by molar-refractivity contribution is 5.86. The lowest BCUT2D eigenvalue weighted by Gasteiger charge is -2.12. The zero-order valence-corrected chi connectivity index (χ0v) is 7.22. The Balaban J connectivity index is 2.47. The lowest BCUT2D eigenvalue weighted by atomic mass is 10.1. The molecule has 1 aliphatic heterocycles. The van der Waals surface area contributed by atoms with Crippen molar-refractivity contribution in [2.24, 2.45) is 0 Å².